The van der Waals surface area contributed by atoms with Gasteiger partial charge in [-0.15, -0.1) is 5.10 Å². The predicted molar refractivity (Wildman–Crippen MR) is 38.3 cm³/mol. The SMILES string of the molecule is Cc1cn2nncc2c(=O)[nH]1. The van der Waals surface area contributed by atoms with E-state index < -0.39 is 0 Å². The van der Waals surface area contributed by atoms with Crippen LogP contribution in [0.4, 0.5) is 0 Å². The van der Waals surface area contributed by atoms with E-state index in [0.717, 1.165) is 5.69 Å². The van der Waals surface area contributed by atoms with Crippen LogP contribution in [0.1, 0.15) is 5.69 Å². The second-order valence-electron chi connectivity index (χ2n) is 2.33. The molecule has 0 fully saturated rings. The van der Waals surface area contributed by atoms with Gasteiger partial charge in [0.15, 0.2) is 5.52 Å². The lowest BCUT2D eigenvalue weighted by Crippen LogP contribution is -2.10. The molecule has 56 valence electrons. The number of hydrogen-bond donors (Lipinski definition) is 1. The first kappa shape index (κ1) is 6.09. The summed E-state index contributed by atoms with van der Waals surface area (Å²) in [7, 11) is 0. The minimum absolute atomic E-state index is 0.157. The molecule has 0 saturated heterocycles. The minimum atomic E-state index is -0.157. The smallest absolute Gasteiger partial charge is 0.275 e. The highest BCUT2D eigenvalue weighted by atomic mass is 16.1. The van der Waals surface area contributed by atoms with E-state index in [1.165, 1.54) is 10.7 Å². The molecule has 11 heavy (non-hydrogen) atoms. The van der Waals surface area contributed by atoms with Crippen LogP contribution in [0.5, 0.6) is 0 Å². The average molecular weight is 150 g/mol. The molecule has 0 radical (unpaired) electrons. The van der Waals surface area contributed by atoms with Crippen LogP contribution in [-0.4, -0.2) is 19.8 Å². The summed E-state index contributed by atoms with van der Waals surface area (Å²) in [6, 6.07) is 0. The first-order valence-electron chi connectivity index (χ1n) is 3.17. The van der Waals surface area contributed by atoms with Crippen LogP contribution < -0.4 is 5.56 Å². The second-order valence-corrected chi connectivity index (χ2v) is 2.33. The summed E-state index contributed by atoms with van der Waals surface area (Å²) < 4.78 is 1.45. The van der Waals surface area contributed by atoms with Crippen LogP contribution >= 0.6 is 0 Å². The fraction of sp³-hybridized carbons (Fsp3) is 0.167. The fourth-order valence-electron chi connectivity index (χ4n) is 0.960. The molecule has 2 aromatic rings. The Kier molecular flexibility index (Phi) is 1.06. The Morgan fingerprint density at radius 2 is 2.45 bits per heavy atom. The molecule has 2 aromatic heterocycles. The lowest BCUT2D eigenvalue weighted by Gasteiger charge is -1.91. The van der Waals surface area contributed by atoms with Crippen molar-refractivity contribution in [3.05, 3.63) is 28.4 Å². The summed E-state index contributed by atoms with van der Waals surface area (Å²) in [4.78, 5) is 13.7. The molecule has 1 N–H and O–H groups in total. The van der Waals surface area contributed by atoms with Crippen molar-refractivity contribution in [3.8, 4) is 0 Å². The third kappa shape index (κ3) is 0.813. The maximum absolute atomic E-state index is 11.1. The minimum Gasteiger partial charge on any atom is -0.323 e. The van der Waals surface area contributed by atoms with Gasteiger partial charge in [0.25, 0.3) is 5.56 Å². The van der Waals surface area contributed by atoms with Crippen molar-refractivity contribution in [2.75, 3.05) is 0 Å². The molecule has 0 bridgehead atoms. The Morgan fingerprint density at radius 1 is 1.64 bits per heavy atom. The van der Waals surface area contributed by atoms with Crippen LogP contribution in [0, 0.1) is 6.92 Å². The van der Waals surface area contributed by atoms with Gasteiger partial charge in [-0.05, 0) is 6.92 Å². The molecule has 2 rings (SSSR count). The molecule has 0 spiro atoms. The second kappa shape index (κ2) is 1.91. The Morgan fingerprint density at radius 3 is 3.27 bits per heavy atom. The Bertz CT molecular complexity index is 441. The van der Waals surface area contributed by atoms with Crippen LogP contribution in [0.25, 0.3) is 5.52 Å². The zero-order chi connectivity index (χ0) is 7.84. The summed E-state index contributed by atoms with van der Waals surface area (Å²) in [6.45, 7) is 1.79. The van der Waals surface area contributed by atoms with Gasteiger partial charge in [0, 0.05) is 5.69 Å². The van der Waals surface area contributed by atoms with Gasteiger partial charge in [-0.3, -0.25) is 4.79 Å². The van der Waals surface area contributed by atoms with Crippen LogP contribution in [0.15, 0.2) is 17.2 Å². The highest BCUT2D eigenvalue weighted by molar-refractivity contribution is 5.39. The number of fused-ring (bicyclic) bond motifs is 1. The van der Waals surface area contributed by atoms with E-state index in [4.69, 9.17) is 0 Å². The zero-order valence-corrected chi connectivity index (χ0v) is 5.90. The summed E-state index contributed by atoms with van der Waals surface area (Å²) in [5.74, 6) is 0. The van der Waals surface area contributed by atoms with Crippen molar-refractivity contribution in [2.45, 2.75) is 6.92 Å². The molecule has 0 aliphatic carbocycles. The largest absolute Gasteiger partial charge is 0.323 e. The molecule has 5 heteroatoms. The Labute approximate surface area is 61.7 Å². The zero-order valence-electron chi connectivity index (χ0n) is 5.90. The molecule has 0 aromatic carbocycles. The van der Waals surface area contributed by atoms with Crippen molar-refractivity contribution in [1.82, 2.24) is 19.8 Å². The van der Waals surface area contributed by atoms with Gasteiger partial charge in [0.05, 0.1) is 12.4 Å². The fourth-order valence-corrected chi connectivity index (χ4v) is 0.960. The number of rotatable bonds is 0. The number of nitrogens with one attached hydrogen (secondary N) is 1. The molecule has 0 aliphatic heterocycles. The number of hydrogen-bond acceptors (Lipinski definition) is 3. The molecule has 0 aliphatic rings. The highest BCUT2D eigenvalue weighted by Gasteiger charge is 1.98. The van der Waals surface area contributed by atoms with Crippen molar-refractivity contribution in [1.29, 1.82) is 0 Å². The molecule has 0 amide bonds. The van der Waals surface area contributed by atoms with Gasteiger partial charge in [-0.25, -0.2) is 4.52 Å². The van der Waals surface area contributed by atoms with Gasteiger partial charge in [-0.2, -0.15) is 0 Å². The van der Waals surface area contributed by atoms with Crippen molar-refractivity contribution in [3.63, 3.8) is 0 Å². The third-order valence-electron chi connectivity index (χ3n) is 1.43. The summed E-state index contributed by atoms with van der Waals surface area (Å²) in [6.07, 6.45) is 3.14. The molecule has 5 nitrogen and oxygen atoms in total. The summed E-state index contributed by atoms with van der Waals surface area (Å²) in [5.41, 5.74) is 1.08. The van der Waals surface area contributed by atoms with Crippen molar-refractivity contribution < 1.29 is 0 Å². The van der Waals surface area contributed by atoms with Crippen molar-refractivity contribution >= 4 is 5.52 Å². The van der Waals surface area contributed by atoms with Gasteiger partial charge in [0.2, 0.25) is 0 Å². The monoisotopic (exact) mass is 150 g/mol. The summed E-state index contributed by atoms with van der Waals surface area (Å²) in [5, 5.41) is 7.28. The van der Waals surface area contributed by atoms with Crippen LogP contribution in [0.3, 0.4) is 0 Å². The highest BCUT2D eigenvalue weighted by Crippen LogP contribution is 1.91. The third-order valence-corrected chi connectivity index (χ3v) is 1.43. The molecule has 2 heterocycles. The number of aryl methyl sites for hydroxylation is 1. The average Bonchev–Trinajstić information content (AvgIpc) is 2.34. The van der Waals surface area contributed by atoms with E-state index >= 15 is 0 Å². The molecular weight excluding hydrogens is 144 g/mol. The van der Waals surface area contributed by atoms with E-state index in [1.807, 2.05) is 0 Å². The number of aromatic amines is 1. The standard InChI is InChI=1S/C6H6N4O/c1-4-3-10-5(2-7-9-10)6(11)8-4/h2-3H,1H3,(H,8,11). The van der Waals surface area contributed by atoms with E-state index in [-0.39, 0.29) is 5.56 Å². The predicted octanol–water partition coefficient (Wildman–Crippen LogP) is -0.274. The van der Waals surface area contributed by atoms with Gasteiger partial charge < -0.3 is 4.98 Å². The first-order valence-corrected chi connectivity index (χ1v) is 3.17. The van der Waals surface area contributed by atoms with Gasteiger partial charge in [0.1, 0.15) is 0 Å². The number of nitrogens with zero attached hydrogens (tertiary/aromatic N) is 3. The first-order chi connectivity index (χ1) is 5.27. The van der Waals surface area contributed by atoms with E-state index in [1.54, 1.807) is 13.1 Å². The molecule has 0 unspecified atom stereocenters. The Hall–Kier alpha value is -1.65. The molecule has 0 atom stereocenters. The van der Waals surface area contributed by atoms with Crippen LogP contribution in [-0.2, 0) is 0 Å². The number of aromatic nitrogens is 4. The Balaban J connectivity index is 3.02. The quantitative estimate of drug-likeness (QED) is 0.562. The topological polar surface area (TPSA) is 63.1 Å². The van der Waals surface area contributed by atoms with E-state index in [9.17, 15) is 4.79 Å². The number of H-pyrrole nitrogens is 1. The lowest BCUT2D eigenvalue weighted by molar-refractivity contribution is 0.836. The maximum atomic E-state index is 11.1. The molecule has 0 saturated carbocycles. The molecular formula is C6H6N4O. The lowest BCUT2D eigenvalue weighted by atomic mass is 10.5. The van der Waals surface area contributed by atoms with Gasteiger partial charge >= 0.3 is 0 Å². The maximum Gasteiger partial charge on any atom is 0.275 e. The summed E-state index contributed by atoms with van der Waals surface area (Å²) >= 11 is 0. The van der Waals surface area contributed by atoms with Crippen molar-refractivity contribution in [2.24, 2.45) is 0 Å². The van der Waals surface area contributed by atoms with E-state index in [0.29, 0.717) is 5.52 Å². The van der Waals surface area contributed by atoms with E-state index in [2.05, 4.69) is 15.3 Å². The normalized spacial score (nSPS) is 10.6. The van der Waals surface area contributed by atoms with Gasteiger partial charge in [-0.1, -0.05) is 5.21 Å². The van der Waals surface area contributed by atoms with Crippen LogP contribution in [0.2, 0.25) is 0 Å².